The minimum Gasteiger partial charge on any atom is -0.456 e. The van der Waals surface area contributed by atoms with E-state index in [9.17, 15) is 9.59 Å². The molecule has 218 valence electrons. The normalized spacial score (nSPS) is 11.4. The van der Waals surface area contributed by atoms with Crippen LogP contribution in [0.5, 0.6) is 0 Å². The van der Waals surface area contributed by atoms with Crippen LogP contribution in [-0.2, 0) is 9.47 Å². The van der Waals surface area contributed by atoms with E-state index < -0.39 is 23.1 Å². The number of esters is 2. The van der Waals surface area contributed by atoms with E-state index in [-0.39, 0.29) is 17.8 Å². The predicted molar refractivity (Wildman–Crippen MR) is 164 cm³/mol. The van der Waals surface area contributed by atoms with E-state index in [1.54, 1.807) is 60.7 Å². The number of nitrogen functional groups attached to an aromatic ring is 1. The fourth-order valence-corrected chi connectivity index (χ4v) is 3.55. The Hall–Kier alpha value is -5.19. The zero-order valence-electron chi connectivity index (χ0n) is 24.5. The van der Waals surface area contributed by atoms with E-state index in [0.717, 1.165) is 5.69 Å². The zero-order valence-corrected chi connectivity index (χ0v) is 24.5. The van der Waals surface area contributed by atoms with Gasteiger partial charge >= 0.3 is 11.9 Å². The van der Waals surface area contributed by atoms with Gasteiger partial charge in [0.15, 0.2) is 0 Å². The quantitative estimate of drug-likeness (QED) is 0.134. The standard InChI is InChI=1S/C31H35N7O4/c1-30(2,3)41-25(39)19-7-13-22(14-8-19)33-27-36-28(38-29(37-27)35-24-17-11-21(32)12-18-24)34-23-15-9-20(10-16-23)26(40)42-31(4,5)6/h7-18H,32H2,1-6H3,(H3,33,34,35,36,37,38). The Labute approximate surface area is 244 Å². The number of hydrogen-bond donors (Lipinski definition) is 4. The van der Waals surface area contributed by atoms with Crippen LogP contribution in [-0.4, -0.2) is 38.1 Å². The molecule has 0 aliphatic heterocycles. The van der Waals surface area contributed by atoms with Crippen LogP contribution in [0, 0.1) is 0 Å². The van der Waals surface area contributed by atoms with Crippen LogP contribution >= 0.6 is 0 Å². The minimum absolute atomic E-state index is 0.251. The maximum absolute atomic E-state index is 12.4. The Morgan fingerprint density at radius 2 is 0.833 bits per heavy atom. The van der Waals surface area contributed by atoms with Crippen LogP contribution in [0.15, 0.2) is 72.8 Å². The molecule has 0 spiro atoms. The molecular weight excluding hydrogens is 534 g/mol. The topological polar surface area (TPSA) is 153 Å². The Balaban J connectivity index is 1.56. The van der Waals surface area contributed by atoms with Crippen LogP contribution in [0.25, 0.3) is 0 Å². The fraction of sp³-hybridized carbons (Fsp3) is 0.258. The summed E-state index contributed by atoms with van der Waals surface area (Å²) >= 11 is 0. The first-order valence-corrected chi connectivity index (χ1v) is 13.3. The van der Waals surface area contributed by atoms with Gasteiger partial charge in [-0.3, -0.25) is 0 Å². The number of hydrogen-bond acceptors (Lipinski definition) is 11. The van der Waals surface area contributed by atoms with Crippen molar-refractivity contribution in [2.75, 3.05) is 21.7 Å². The monoisotopic (exact) mass is 569 g/mol. The third kappa shape index (κ3) is 8.91. The second-order valence-electron chi connectivity index (χ2n) is 11.5. The summed E-state index contributed by atoms with van der Waals surface area (Å²) in [5.41, 5.74) is 8.15. The first-order valence-electron chi connectivity index (χ1n) is 13.3. The molecule has 0 saturated heterocycles. The van der Waals surface area contributed by atoms with Gasteiger partial charge in [0.2, 0.25) is 17.8 Å². The summed E-state index contributed by atoms with van der Waals surface area (Å²) in [7, 11) is 0. The van der Waals surface area contributed by atoms with Crippen molar-refractivity contribution in [3.63, 3.8) is 0 Å². The first-order chi connectivity index (χ1) is 19.7. The highest BCUT2D eigenvalue weighted by molar-refractivity contribution is 5.90. The maximum Gasteiger partial charge on any atom is 0.338 e. The van der Waals surface area contributed by atoms with Gasteiger partial charge in [-0.1, -0.05) is 0 Å². The number of ether oxygens (including phenoxy) is 2. The minimum atomic E-state index is -0.591. The Morgan fingerprint density at radius 3 is 1.12 bits per heavy atom. The number of rotatable bonds is 8. The highest BCUT2D eigenvalue weighted by Gasteiger charge is 2.19. The highest BCUT2D eigenvalue weighted by atomic mass is 16.6. The summed E-state index contributed by atoms with van der Waals surface area (Å²) in [6, 6.07) is 20.7. The smallest absolute Gasteiger partial charge is 0.338 e. The molecule has 1 aromatic heterocycles. The van der Waals surface area contributed by atoms with Crippen molar-refractivity contribution in [2.45, 2.75) is 52.7 Å². The molecule has 0 bridgehead atoms. The number of carbonyl (C=O) groups is 2. The summed E-state index contributed by atoms with van der Waals surface area (Å²) in [5, 5.41) is 9.45. The second kappa shape index (κ2) is 12.1. The van der Waals surface area contributed by atoms with Gasteiger partial charge in [0.25, 0.3) is 0 Å². The number of nitrogens with two attached hydrogens (primary N) is 1. The van der Waals surface area contributed by atoms with Crippen LogP contribution in [0.4, 0.5) is 40.6 Å². The lowest BCUT2D eigenvalue weighted by molar-refractivity contribution is 0.00570. The molecule has 0 radical (unpaired) electrons. The second-order valence-corrected chi connectivity index (χ2v) is 11.5. The van der Waals surface area contributed by atoms with Gasteiger partial charge in [-0.25, -0.2) is 9.59 Å². The third-order valence-corrected chi connectivity index (χ3v) is 5.35. The van der Waals surface area contributed by atoms with Crippen LogP contribution in [0.3, 0.4) is 0 Å². The van der Waals surface area contributed by atoms with E-state index in [2.05, 4.69) is 30.9 Å². The molecule has 0 amide bonds. The summed E-state index contributed by atoms with van der Waals surface area (Å²) < 4.78 is 10.9. The molecule has 0 saturated carbocycles. The molecule has 11 nitrogen and oxygen atoms in total. The molecule has 4 rings (SSSR count). The van der Waals surface area contributed by atoms with Gasteiger partial charge in [-0.05, 0) is 114 Å². The Morgan fingerprint density at radius 1 is 0.548 bits per heavy atom. The largest absolute Gasteiger partial charge is 0.456 e. The average molecular weight is 570 g/mol. The third-order valence-electron chi connectivity index (χ3n) is 5.35. The number of aromatic nitrogens is 3. The molecule has 5 N–H and O–H groups in total. The van der Waals surface area contributed by atoms with Crippen LogP contribution < -0.4 is 21.7 Å². The molecule has 0 aliphatic rings. The molecule has 0 fully saturated rings. The van der Waals surface area contributed by atoms with Gasteiger partial charge < -0.3 is 31.2 Å². The Bertz CT molecular complexity index is 1450. The number of nitrogens with zero attached hydrogens (tertiary/aromatic N) is 3. The molecule has 1 heterocycles. The summed E-state index contributed by atoms with van der Waals surface area (Å²) in [4.78, 5) is 38.3. The lowest BCUT2D eigenvalue weighted by atomic mass is 10.1. The number of carbonyl (C=O) groups excluding carboxylic acids is 2. The van der Waals surface area contributed by atoms with Crippen molar-refractivity contribution in [3.05, 3.63) is 83.9 Å². The van der Waals surface area contributed by atoms with Crippen molar-refractivity contribution in [2.24, 2.45) is 0 Å². The number of anilines is 7. The van der Waals surface area contributed by atoms with Gasteiger partial charge in [0, 0.05) is 22.7 Å². The lowest BCUT2D eigenvalue weighted by Crippen LogP contribution is -2.23. The summed E-state index contributed by atoms with van der Waals surface area (Å²) in [6.45, 7) is 10.9. The zero-order chi connectivity index (χ0) is 30.5. The van der Waals surface area contributed by atoms with Gasteiger partial charge in [-0.2, -0.15) is 15.0 Å². The SMILES string of the molecule is CC(C)(C)OC(=O)c1ccc(Nc2nc(Nc3ccc(N)cc3)nc(Nc3ccc(C(=O)OC(C)(C)C)cc3)n2)cc1. The van der Waals surface area contributed by atoms with Crippen molar-refractivity contribution < 1.29 is 19.1 Å². The lowest BCUT2D eigenvalue weighted by Gasteiger charge is -2.19. The average Bonchev–Trinajstić information content (AvgIpc) is 2.89. The predicted octanol–water partition coefficient (Wildman–Crippen LogP) is 6.60. The summed E-state index contributed by atoms with van der Waals surface area (Å²) in [6.07, 6.45) is 0. The van der Waals surface area contributed by atoms with Crippen molar-refractivity contribution >= 4 is 52.5 Å². The molecule has 0 unspecified atom stereocenters. The molecule has 3 aromatic carbocycles. The van der Waals surface area contributed by atoms with E-state index in [4.69, 9.17) is 15.2 Å². The number of benzene rings is 3. The van der Waals surface area contributed by atoms with Crippen molar-refractivity contribution in [1.82, 2.24) is 15.0 Å². The molecule has 11 heteroatoms. The molecular formula is C31H35N7O4. The number of nitrogens with one attached hydrogen (secondary N) is 3. The van der Waals surface area contributed by atoms with Gasteiger partial charge in [0.1, 0.15) is 11.2 Å². The van der Waals surface area contributed by atoms with E-state index in [0.29, 0.717) is 28.2 Å². The van der Waals surface area contributed by atoms with Gasteiger partial charge in [-0.15, -0.1) is 0 Å². The Kier molecular flexibility index (Phi) is 8.60. The molecule has 4 aromatic rings. The maximum atomic E-state index is 12.4. The van der Waals surface area contributed by atoms with Crippen molar-refractivity contribution in [1.29, 1.82) is 0 Å². The first kappa shape index (κ1) is 29.8. The van der Waals surface area contributed by atoms with E-state index in [1.165, 1.54) is 0 Å². The molecule has 0 atom stereocenters. The van der Waals surface area contributed by atoms with E-state index in [1.807, 2.05) is 53.7 Å². The molecule has 0 aliphatic carbocycles. The fourth-order valence-electron chi connectivity index (χ4n) is 3.55. The van der Waals surface area contributed by atoms with Crippen LogP contribution in [0.2, 0.25) is 0 Å². The molecule has 42 heavy (non-hydrogen) atoms. The highest BCUT2D eigenvalue weighted by Crippen LogP contribution is 2.23. The van der Waals surface area contributed by atoms with E-state index >= 15 is 0 Å². The van der Waals surface area contributed by atoms with Gasteiger partial charge in [0.05, 0.1) is 11.1 Å². The van der Waals surface area contributed by atoms with Crippen LogP contribution in [0.1, 0.15) is 62.3 Å². The summed E-state index contributed by atoms with van der Waals surface area (Å²) in [5.74, 6) is -0.0427. The van der Waals surface area contributed by atoms with Crippen molar-refractivity contribution in [3.8, 4) is 0 Å².